The Bertz CT molecular complexity index is 513. The van der Waals surface area contributed by atoms with Crippen molar-refractivity contribution in [2.75, 3.05) is 5.32 Å². The lowest BCUT2D eigenvalue weighted by molar-refractivity contribution is 0.561. The standard InChI is InChI=1S/C9H11FN2O2S/c1-5-3-7(10)4-8-9(5)11-6(2)12-15(8,13)14/h3-4,6,11-12H,1-2H3. The number of anilines is 1. The lowest BCUT2D eigenvalue weighted by Crippen LogP contribution is -2.42. The summed E-state index contributed by atoms with van der Waals surface area (Å²) in [5.41, 5.74) is 1.06. The van der Waals surface area contributed by atoms with Crippen LogP contribution in [0.4, 0.5) is 10.1 Å². The molecule has 1 aliphatic heterocycles. The molecule has 6 heteroatoms. The summed E-state index contributed by atoms with van der Waals surface area (Å²) in [6, 6.07) is 2.32. The number of sulfonamides is 1. The first kappa shape index (κ1) is 10.4. The quantitative estimate of drug-likeness (QED) is 0.703. The van der Waals surface area contributed by atoms with Crippen molar-refractivity contribution in [2.45, 2.75) is 24.9 Å². The number of nitrogens with one attached hydrogen (secondary N) is 2. The molecule has 0 saturated carbocycles. The monoisotopic (exact) mass is 230 g/mol. The Balaban J connectivity index is 2.73. The molecule has 0 radical (unpaired) electrons. The molecule has 1 heterocycles. The Hall–Kier alpha value is -1.14. The first-order valence-corrected chi connectivity index (χ1v) is 5.97. The van der Waals surface area contributed by atoms with Crippen molar-refractivity contribution in [3.63, 3.8) is 0 Å². The van der Waals surface area contributed by atoms with Crippen LogP contribution < -0.4 is 10.0 Å². The fourth-order valence-corrected chi connectivity index (χ4v) is 3.06. The third-order valence-corrected chi connectivity index (χ3v) is 3.81. The molecule has 1 unspecified atom stereocenters. The zero-order valence-corrected chi connectivity index (χ0v) is 9.15. The summed E-state index contributed by atoms with van der Waals surface area (Å²) in [6.45, 7) is 3.35. The average molecular weight is 230 g/mol. The first-order valence-electron chi connectivity index (χ1n) is 4.49. The van der Waals surface area contributed by atoms with E-state index in [1.54, 1.807) is 13.8 Å². The van der Waals surface area contributed by atoms with Crippen LogP contribution in [0.1, 0.15) is 12.5 Å². The zero-order valence-electron chi connectivity index (χ0n) is 8.33. The van der Waals surface area contributed by atoms with Gasteiger partial charge in [0.1, 0.15) is 10.7 Å². The highest BCUT2D eigenvalue weighted by Gasteiger charge is 2.28. The van der Waals surface area contributed by atoms with Crippen molar-refractivity contribution in [2.24, 2.45) is 0 Å². The van der Waals surface area contributed by atoms with E-state index in [4.69, 9.17) is 0 Å². The molecule has 82 valence electrons. The topological polar surface area (TPSA) is 58.2 Å². The Morgan fingerprint density at radius 1 is 1.40 bits per heavy atom. The Morgan fingerprint density at radius 3 is 2.73 bits per heavy atom. The molecule has 0 fully saturated rings. The summed E-state index contributed by atoms with van der Waals surface area (Å²) in [5.74, 6) is -0.548. The minimum atomic E-state index is -3.59. The van der Waals surface area contributed by atoms with Crippen LogP contribution in [0.25, 0.3) is 0 Å². The van der Waals surface area contributed by atoms with E-state index in [0.717, 1.165) is 6.07 Å². The van der Waals surface area contributed by atoms with Gasteiger partial charge in [-0.2, -0.15) is 4.72 Å². The van der Waals surface area contributed by atoms with Crippen molar-refractivity contribution >= 4 is 15.7 Å². The molecular formula is C9H11FN2O2S. The van der Waals surface area contributed by atoms with E-state index in [9.17, 15) is 12.8 Å². The van der Waals surface area contributed by atoms with Gasteiger partial charge in [0.25, 0.3) is 0 Å². The van der Waals surface area contributed by atoms with E-state index in [2.05, 4.69) is 10.0 Å². The summed E-state index contributed by atoms with van der Waals surface area (Å²) >= 11 is 0. The van der Waals surface area contributed by atoms with Crippen LogP contribution in [-0.2, 0) is 10.0 Å². The van der Waals surface area contributed by atoms with Gasteiger partial charge in [0.15, 0.2) is 0 Å². The van der Waals surface area contributed by atoms with E-state index >= 15 is 0 Å². The van der Waals surface area contributed by atoms with Gasteiger partial charge in [-0.1, -0.05) is 0 Å². The molecule has 2 N–H and O–H groups in total. The SMILES string of the molecule is Cc1cc(F)cc2c1NC(C)NS2(=O)=O. The summed E-state index contributed by atoms with van der Waals surface area (Å²) in [7, 11) is -3.59. The van der Waals surface area contributed by atoms with E-state index in [1.165, 1.54) is 6.07 Å². The Kier molecular flexibility index (Phi) is 2.20. The van der Waals surface area contributed by atoms with Crippen LogP contribution in [0, 0.1) is 12.7 Å². The summed E-state index contributed by atoms with van der Waals surface area (Å²) in [4.78, 5) is -0.0295. The number of halogens is 1. The fraction of sp³-hybridized carbons (Fsp3) is 0.333. The van der Waals surface area contributed by atoms with Crippen LogP contribution in [0.5, 0.6) is 0 Å². The Labute approximate surface area is 87.5 Å². The molecule has 1 aromatic rings. The van der Waals surface area contributed by atoms with Crippen LogP contribution in [-0.4, -0.2) is 14.6 Å². The number of hydrogen-bond donors (Lipinski definition) is 2. The molecule has 0 spiro atoms. The molecule has 0 amide bonds. The molecule has 0 aliphatic carbocycles. The molecule has 4 nitrogen and oxygen atoms in total. The maximum absolute atomic E-state index is 13.1. The molecule has 1 aromatic carbocycles. The van der Waals surface area contributed by atoms with Crippen molar-refractivity contribution in [1.29, 1.82) is 0 Å². The average Bonchev–Trinajstić information content (AvgIpc) is 2.06. The minimum absolute atomic E-state index is 0.0295. The smallest absolute Gasteiger partial charge is 0.244 e. The third-order valence-electron chi connectivity index (χ3n) is 2.25. The molecule has 15 heavy (non-hydrogen) atoms. The first-order chi connectivity index (χ1) is 6.90. The highest BCUT2D eigenvalue weighted by atomic mass is 32.2. The largest absolute Gasteiger partial charge is 0.368 e. The molecule has 0 saturated heterocycles. The van der Waals surface area contributed by atoms with Crippen molar-refractivity contribution in [3.8, 4) is 0 Å². The van der Waals surface area contributed by atoms with Gasteiger partial charge in [0.05, 0.1) is 11.9 Å². The maximum Gasteiger partial charge on any atom is 0.244 e. The van der Waals surface area contributed by atoms with E-state index in [1.807, 2.05) is 0 Å². The third kappa shape index (κ3) is 1.70. The van der Waals surface area contributed by atoms with Crippen molar-refractivity contribution in [3.05, 3.63) is 23.5 Å². The molecule has 1 aliphatic rings. The zero-order chi connectivity index (χ0) is 11.2. The summed E-state index contributed by atoms with van der Waals surface area (Å²) in [5, 5.41) is 2.95. The maximum atomic E-state index is 13.1. The number of aryl methyl sites for hydroxylation is 1. The fourth-order valence-electron chi connectivity index (χ4n) is 1.65. The van der Waals surface area contributed by atoms with Gasteiger partial charge in [-0.05, 0) is 31.5 Å². The van der Waals surface area contributed by atoms with E-state index in [0.29, 0.717) is 11.3 Å². The van der Waals surface area contributed by atoms with Gasteiger partial charge in [-0.15, -0.1) is 0 Å². The predicted octanol–water partition coefficient (Wildman–Crippen LogP) is 1.18. The molecule has 0 aromatic heterocycles. The van der Waals surface area contributed by atoms with Crippen LogP contribution >= 0.6 is 0 Å². The summed E-state index contributed by atoms with van der Waals surface area (Å²) in [6.07, 6.45) is -0.383. The number of fused-ring (bicyclic) bond motifs is 1. The van der Waals surface area contributed by atoms with Crippen molar-refractivity contribution < 1.29 is 12.8 Å². The van der Waals surface area contributed by atoms with Gasteiger partial charge in [0, 0.05) is 0 Å². The summed E-state index contributed by atoms with van der Waals surface area (Å²) < 4.78 is 38.8. The molecule has 0 bridgehead atoms. The molecule has 2 rings (SSSR count). The Morgan fingerprint density at radius 2 is 2.07 bits per heavy atom. The van der Waals surface area contributed by atoms with Crippen molar-refractivity contribution in [1.82, 2.24) is 4.72 Å². The lowest BCUT2D eigenvalue weighted by Gasteiger charge is -2.26. The second-order valence-corrected chi connectivity index (χ2v) is 5.27. The lowest BCUT2D eigenvalue weighted by atomic mass is 10.2. The van der Waals surface area contributed by atoms with Gasteiger partial charge < -0.3 is 5.32 Å². The van der Waals surface area contributed by atoms with Gasteiger partial charge in [-0.25, -0.2) is 12.8 Å². The van der Waals surface area contributed by atoms with E-state index < -0.39 is 15.8 Å². The number of benzene rings is 1. The minimum Gasteiger partial charge on any atom is -0.368 e. The van der Waals surface area contributed by atoms with E-state index in [-0.39, 0.29) is 11.1 Å². The molecular weight excluding hydrogens is 219 g/mol. The highest BCUT2D eigenvalue weighted by Crippen LogP contribution is 2.29. The highest BCUT2D eigenvalue weighted by molar-refractivity contribution is 7.89. The van der Waals surface area contributed by atoms with Crippen LogP contribution in [0.3, 0.4) is 0 Å². The normalized spacial score (nSPS) is 23.0. The predicted molar refractivity (Wildman–Crippen MR) is 54.5 cm³/mol. The number of rotatable bonds is 0. The van der Waals surface area contributed by atoms with Gasteiger partial charge in [0.2, 0.25) is 10.0 Å². The van der Waals surface area contributed by atoms with Crippen LogP contribution in [0.2, 0.25) is 0 Å². The molecule has 1 atom stereocenters. The van der Waals surface area contributed by atoms with Crippen LogP contribution in [0.15, 0.2) is 17.0 Å². The van der Waals surface area contributed by atoms with Gasteiger partial charge in [-0.3, -0.25) is 0 Å². The second kappa shape index (κ2) is 3.18. The number of hydrogen-bond acceptors (Lipinski definition) is 3. The second-order valence-electron chi connectivity index (χ2n) is 3.58. The van der Waals surface area contributed by atoms with Gasteiger partial charge >= 0.3 is 0 Å².